The minimum Gasteiger partial charge on any atom is -0.726 e. The van der Waals surface area contributed by atoms with E-state index < -0.39 is 10.4 Å². The van der Waals surface area contributed by atoms with Crippen LogP contribution in [0.15, 0.2) is 30.3 Å². The molecule has 5 nitrogen and oxygen atoms in total. The van der Waals surface area contributed by atoms with Crippen molar-refractivity contribution < 1.29 is 17.2 Å². The van der Waals surface area contributed by atoms with Crippen molar-refractivity contribution in [2.45, 2.75) is 0 Å². The zero-order chi connectivity index (χ0) is 12.8. The monoisotopic (exact) mass is 247 g/mol. The molecule has 1 aromatic rings. The van der Waals surface area contributed by atoms with E-state index >= 15 is 0 Å². The molecule has 1 rings (SSSR count). The van der Waals surface area contributed by atoms with E-state index in [1.54, 1.807) is 0 Å². The Morgan fingerprint density at radius 2 is 1.50 bits per heavy atom. The van der Waals surface area contributed by atoms with Crippen LogP contribution in [-0.4, -0.2) is 41.2 Å². The van der Waals surface area contributed by atoms with E-state index in [-0.39, 0.29) is 0 Å². The van der Waals surface area contributed by atoms with Crippen molar-refractivity contribution in [2.75, 3.05) is 28.3 Å². The van der Waals surface area contributed by atoms with E-state index in [1.165, 1.54) is 5.69 Å². The average molecular weight is 247 g/mol. The van der Waals surface area contributed by atoms with Gasteiger partial charge in [-0.2, -0.15) is 0 Å². The molecule has 0 N–H and O–H groups in total. The minimum atomic E-state index is -4.41. The van der Waals surface area contributed by atoms with Crippen LogP contribution < -0.4 is 4.48 Å². The van der Waals surface area contributed by atoms with Crippen LogP contribution in [0.1, 0.15) is 0 Å². The quantitative estimate of drug-likeness (QED) is 0.444. The molecule has 1 aromatic carbocycles. The van der Waals surface area contributed by atoms with Gasteiger partial charge in [0.05, 0.1) is 28.3 Å². The highest BCUT2D eigenvalue weighted by Crippen LogP contribution is 2.14. The summed E-state index contributed by atoms with van der Waals surface area (Å²) in [6.07, 6.45) is 0. The van der Waals surface area contributed by atoms with E-state index in [0.717, 1.165) is 11.6 Å². The van der Waals surface area contributed by atoms with Crippen LogP contribution in [0.2, 0.25) is 0 Å². The second kappa shape index (κ2) is 5.95. The van der Waals surface area contributed by atoms with Crippen molar-refractivity contribution in [1.82, 2.24) is 4.48 Å². The molecule has 0 fully saturated rings. The van der Waals surface area contributed by atoms with E-state index in [9.17, 15) is 13.0 Å². The number of para-hydroxylation sites is 1. The van der Waals surface area contributed by atoms with Crippen molar-refractivity contribution in [1.29, 1.82) is 0 Å². The van der Waals surface area contributed by atoms with Gasteiger partial charge in [-0.25, -0.2) is 8.42 Å². The standard InChI is InChI=1S/C9H14N.CH4O4S/c1-10(2,3)9-7-5-4-6-8-9;1-5-6(2,3)4/h4-8H,1-3H3;1H3,(H,2,3,4)/q+1;/p-1. The summed E-state index contributed by atoms with van der Waals surface area (Å²) in [5.74, 6) is 0. The van der Waals surface area contributed by atoms with Gasteiger partial charge < -0.3 is 4.55 Å². The van der Waals surface area contributed by atoms with Crippen LogP contribution in [-0.2, 0) is 14.6 Å². The molecule has 0 spiro atoms. The minimum absolute atomic E-state index is 0.808. The van der Waals surface area contributed by atoms with Gasteiger partial charge in [0, 0.05) is 0 Å². The van der Waals surface area contributed by atoms with E-state index in [2.05, 4.69) is 49.6 Å². The number of hydrogen-bond donors (Lipinski definition) is 0. The van der Waals surface area contributed by atoms with Crippen molar-refractivity contribution >= 4 is 16.1 Å². The van der Waals surface area contributed by atoms with E-state index in [4.69, 9.17) is 0 Å². The largest absolute Gasteiger partial charge is 0.726 e. The highest BCUT2D eigenvalue weighted by Gasteiger charge is 2.08. The molecule has 0 aromatic heterocycles. The third kappa shape index (κ3) is 7.36. The van der Waals surface area contributed by atoms with E-state index in [0.29, 0.717) is 0 Å². The Balaban J connectivity index is 0.000000325. The van der Waals surface area contributed by atoms with E-state index in [1.807, 2.05) is 6.07 Å². The third-order valence-corrected chi connectivity index (χ3v) is 2.14. The summed E-state index contributed by atoms with van der Waals surface area (Å²) >= 11 is 0. The predicted octanol–water partition coefficient (Wildman–Crippen LogP) is 0.976. The summed E-state index contributed by atoms with van der Waals surface area (Å²) in [6.45, 7) is 0. The smallest absolute Gasteiger partial charge is 0.217 e. The maximum Gasteiger partial charge on any atom is 0.217 e. The highest BCUT2D eigenvalue weighted by atomic mass is 32.3. The first-order valence-electron chi connectivity index (χ1n) is 4.55. The lowest BCUT2D eigenvalue weighted by molar-refractivity contribution is 0.314. The Kier molecular flexibility index (Phi) is 5.60. The van der Waals surface area contributed by atoms with Gasteiger partial charge in [0.1, 0.15) is 5.69 Å². The van der Waals surface area contributed by atoms with Crippen LogP contribution in [0.3, 0.4) is 0 Å². The Morgan fingerprint density at radius 3 is 1.69 bits per heavy atom. The van der Waals surface area contributed by atoms with Gasteiger partial charge in [-0.1, -0.05) is 18.2 Å². The molecule has 0 unspecified atom stereocenters. The fraction of sp³-hybridized carbons (Fsp3) is 0.400. The van der Waals surface area contributed by atoms with Gasteiger partial charge in [-0.15, -0.1) is 0 Å². The summed E-state index contributed by atoms with van der Waals surface area (Å²) in [5.41, 5.74) is 1.34. The maximum atomic E-state index is 9.22. The van der Waals surface area contributed by atoms with Gasteiger partial charge in [0.15, 0.2) is 0 Å². The number of hydrogen-bond acceptors (Lipinski definition) is 4. The SMILES string of the molecule is COS(=O)(=O)[O-].C[N+](C)(C)c1ccccc1. The molecule has 92 valence electrons. The molecule has 0 radical (unpaired) electrons. The lowest BCUT2D eigenvalue weighted by atomic mass is 10.3. The number of rotatable bonds is 2. The molecule has 0 atom stereocenters. The highest BCUT2D eigenvalue weighted by molar-refractivity contribution is 7.80. The maximum absolute atomic E-state index is 9.22. The third-order valence-electron chi connectivity index (χ3n) is 1.73. The summed E-state index contributed by atoms with van der Waals surface area (Å²) < 4.78 is 31.9. The Morgan fingerprint density at radius 1 is 1.12 bits per heavy atom. The molecular weight excluding hydrogens is 230 g/mol. The van der Waals surface area contributed by atoms with Crippen LogP contribution in [0.25, 0.3) is 0 Å². The number of nitrogens with zero attached hydrogens (tertiary/aromatic N) is 1. The first-order valence-corrected chi connectivity index (χ1v) is 5.88. The second-order valence-electron chi connectivity index (χ2n) is 3.92. The summed E-state index contributed by atoms with van der Waals surface area (Å²) in [7, 11) is 2.88. The van der Waals surface area contributed by atoms with Gasteiger partial charge in [-0.05, 0) is 12.1 Å². The van der Waals surface area contributed by atoms with Crippen molar-refractivity contribution in [3.05, 3.63) is 30.3 Å². The molecule has 0 saturated carbocycles. The Labute approximate surface area is 96.8 Å². The Bertz CT molecular complexity index is 395. The van der Waals surface area contributed by atoms with Crippen molar-refractivity contribution in [3.63, 3.8) is 0 Å². The fourth-order valence-electron chi connectivity index (χ4n) is 0.875. The van der Waals surface area contributed by atoms with Crippen LogP contribution in [0.5, 0.6) is 0 Å². The van der Waals surface area contributed by atoms with Gasteiger partial charge in [0.25, 0.3) is 0 Å². The number of benzene rings is 1. The van der Waals surface area contributed by atoms with Gasteiger partial charge in [-0.3, -0.25) is 8.67 Å². The zero-order valence-corrected chi connectivity index (χ0v) is 10.7. The molecule has 16 heavy (non-hydrogen) atoms. The van der Waals surface area contributed by atoms with Crippen molar-refractivity contribution in [3.8, 4) is 0 Å². The normalized spacial score (nSPS) is 11.6. The van der Waals surface area contributed by atoms with Gasteiger partial charge >= 0.3 is 0 Å². The first kappa shape index (κ1) is 15.0. The molecule has 0 aliphatic carbocycles. The second-order valence-corrected chi connectivity index (χ2v) is 5.07. The summed E-state index contributed by atoms with van der Waals surface area (Å²) in [4.78, 5) is 0. The predicted molar refractivity (Wildman–Crippen MR) is 62.7 cm³/mol. The topological polar surface area (TPSA) is 66.4 Å². The molecule has 0 aliphatic heterocycles. The summed E-state index contributed by atoms with van der Waals surface area (Å²) in [6, 6.07) is 10.5. The lowest BCUT2D eigenvalue weighted by Crippen LogP contribution is -2.34. The lowest BCUT2D eigenvalue weighted by Gasteiger charge is -2.22. The molecule has 6 heteroatoms. The molecule has 0 heterocycles. The molecule has 0 aliphatic rings. The molecular formula is C10H17NO4S. The van der Waals surface area contributed by atoms with Gasteiger partial charge in [0.2, 0.25) is 10.4 Å². The van der Waals surface area contributed by atoms with Crippen LogP contribution in [0, 0.1) is 0 Å². The zero-order valence-electron chi connectivity index (χ0n) is 9.88. The Hall–Kier alpha value is -0.950. The van der Waals surface area contributed by atoms with Crippen LogP contribution >= 0.6 is 0 Å². The molecule has 0 bridgehead atoms. The first-order chi connectivity index (χ1) is 7.17. The molecule has 0 amide bonds. The molecule has 0 saturated heterocycles. The van der Waals surface area contributed by atoms with Crippen LogP contribution in [0.4, 0.5) is 5.69 Å². The van der Waals surface area contributed by atoms with Crippen molar-refractivity contribution in [2.24, 2.45) is 0 Å². The fourth-order valence-corrected chi connectivity index (χ4v) is 0.875. The number of quaternary nitrogens is 1. The summed E-state index contributed by atoms with van der Waals surface area (Å²) in [5, 5.41) is 0. The average Bonchev–Trinajstić information content (AvgIpc) is 2.18.